The molecule has 0 aliphatic heterocycles. The van der Waals surface area contributed by atoms with Gasteiger partial charge in [0.05, 0.1) is 5.70 Å². The van der Waals surface area contributed by atoms with E-state index in [0.29, 0.717) is 0 Å². The van der Waals surface area contributed by atoms with Crippen molar-refractivity contribution >= 4 is 5.70 Å². The predicted octanol–water partition coefficient (Wildman–Crippen LogP) is 5.09. The van der Waals surface area contributed by atoms with E-state index in [4.69, 9.17) is 0 Å². The topological polar surface area (TPSA) is 29.9 Å². The average molecular weight is 313 g/mol. The number of aryl methyl sites for hydroxylation is 1. The van der Waals surface area contributed by atoms with Crippen LogP contribution in [0.3, 0.4) is 0 Å². The summed E-state index contributed by atoms with van der Waals surface area (Å²) >= 11 is 0. The van der Waals surface area contributed by atoms with Gasteiger partial charge in [0.1, 0.15) is 0 Å². The van der Waals surface area contributed by atoms with E-state index in [9.17, 15) is 0 Å². The van der Waals surface area contributed by atoms with Crippen LogP contribution in [0.25, 0.3) is 5.70 Å². The summed E-state index contributed by atoms with van der Waals surface area (Å²) in [5.74, 6) is 0.240. The molecule has 0 fully saturated rings. The van der Waals surface area contributed by atoms with E-state index in [1.807, 2.05) is 30.1 Å². The monoisotopic (exact) mass is 313 g/mol. The van der Waals surface area contributed by atoms with Gasteiger partial charge in [0, 0.05) is 30.6 Å². The van der Waals surface area contributed by atoms with Crippen LogP contribution in [-0.2, 0) is 0 Å². The van der Waals surface area contributed by atoms with Crippen LogP contribution < -0.4 is 5.32 Å². The van der Waals surface area contributed by atoms with Crippen molar-refractivity contribution in [1.82, 2.24) is 15.1 Å². The first kappa shape index (κ1) is 19.0. The van der Waals surface area contributed by atoms with E-state index in [2.05, 4.69) is 57.3 Å². The Balaban J connectivity index is 3.44. The van der Waals surface area contributed by atoms with Crippen LogP contribution in [0.2, 0.25) is 0 Å². The second kappa shape index (κ2) is 9.19. The van der Waals surface area contributed by atoms with E-state index in [1.165, 1.54) is 16.8 Å². The van der Waals surface area contributed by atoms with Gasteiger partial charge in [0.25, 0.3) is 0 Å². The second-order valence-corrected chi connectivity index (χ2v) is 5.99. The Labute approximate surface area is 141 Å². The summed E-state index contributed by atoms with van der Waals surface area (Å²) in [4.78, 5) is 0. The predicted molar refractivity (Wildman–Crippen MR) is 101 cm³/mol. The molecule has 126 valence electrons. The molecule has 1 rings (SSSR count). The minimum Gasteiger partial charge on any atom is -0.391 e. The van der Waals surface area contributed by atoms with Gasteiger partial charge in [0.2, 0.25) is 0 Å². The maximum Gasteiger partial charge on any atom is 0.0646 e. The van der Waals surface area contributed by atoms with Crippen molar-refractivity contribution in [2.24, 2.45) is 5.92 Å². The van der Waals surface area contributed by atoms with Gasteiger partial charge in [0.15, 0.2) is 0 Å². The first-order valence-electron chi connectivity index (χ1n) is 8.34. The summed E-state index contributed by atoms with van der Waals surface area (Å²) in [5.41, 5.74) is 5.95. The number of nitrogens with zero attached hydrogens (tertiary/aromatic N) is 2. The molecule has 0 spiro atoms. The van der Waals surface area contributed by atoms with Gasteiger partial charge in [-0.05, 0) is 51.7 Å². The summed E-state index contributed by atoms with van der Waals surface area (Å²) in [6, 6.07) is 2.04. The number of hydrogen-bond donors (Lipinski definition) is 1. The SMILES string of the molecule is C=CCCC(C(=C)NC)C(=C(C)C)/C(=C/CC)n1nccc1C. The minimum absolute atomic E-state index is 0.240. The highest BCUT2D eigenvalue weighted by molar-refractivity contribution is 5.67. The van der Waals surface area contributed by atoms with E-state index in [1.54, 1.807) is 0 Å². The first-order valence-corrected chi connectivity index (χ1v) is 8.34. The van der Waals surface area contributed by atoms with Gasteiger partial charge >= 0.3 is 0 Å². The average Bonchev–Trinajstić information content (AvgIpc) is 2.94. The summed E-state index contributed by atoms with van der Waals surface area (Å²) in [6.07, 6.45) is 9.00. The number of allylic oxidation sites excluding steroid dienone is 5. The van der Waals surface area contributed by atoms with E-state index in [0.717, 1.165) is 30.7 Å². The molecule has 1 atom stereocenters. The molecule has 0 aliphatic rings. The van der Waals surface area contributed by atoms with Crippen molar-refractivity contribution in [1.29, 1.82) is 0 Å². The second-order valence-electron chi connectivity index (χ2n) is 5.99. The molecular weight excluding hydrogens is 282 g/mol. The third-order valence-electron chi connectivity index (χ3n) is 4.02. The zero-order valence-corrected chi connectivity index (χ0v) is 15.3. The molecule has 0 aliphatic carbocycles. The van der Waals surface area contributed by atoms with Crippen LogP contribution in [0.5, 0.6) is 0 Å². The number of hydrogen-bond acceptors (Lipinski definition) is 2. The van der Waals surface area contributed by atoms with Gasteiger partial charge in [-0.1, -0.05) is 31.2 Å². The molecule has 0 radical (unpaired) electrons. The van der Waals surface area contributed by atoms with Crippen LogP contribution in [-0.4, -0.2) is 16.8 Å². The Kier molecular flexibility index (Phi) is 7.60. The van der Waals surface area contributed by atoms with Crippen molar-refractivity contribution in [2.45, 2.75) is 47.0 Å². The Morgan fingerprint density at radius 2 is 2.13 bits per heavy atom. The Bertz CT molecular complexity index is 598. The standard InChI is InChI=1S/C20H31N3/c1-8-10-12-18(17(6)21-7)20(15(3)4)19(11-9-2)23-16(5)13-14-22-23/h8,11,13-14,18,21H,1,6,9-10,12H2,2-5,7H3/b19-11-. The third-order valence-corrected chi connectivity index (χ3v) is 4.02. The van der Waals surface area contributed by atoms with Gasteiger partial charge in [-0.15, -0.1) is 6.58 Å². The van der Waals surface area contributed by atoms with Crippen molar-refractivity contribution in [3.63, 3.8) is 0 Å². The molecule has 3 heteroatoms. The molecule has 0 bridgehead atoms. The fraction of sp³-hybridized carbons (Fsp3) is 0.450. The lowest BCUT2D eigenvalue weighted by molar-refractivity contribution is 0.614. The lowest BCUT2D eigenvalue weighted by Gasteiger charge is -2.27. The maximum atomic E-state index is 4.53. The quantitative estimate of drug-likeness (QED) is 0.508. The zero-order chi connectivity index (χ0) is 17.4. The molecule has 1 heterocycles. The normalized spacial score (nSPS) is 12.7. The van der Waals surface area contributed by atoms with Crippen LogP contribution >= 0.6 is 0 Å². The number of nitrogens with one attached hydrogen (secondary N) is 1. The summed E-state index contributed by atoms with van der Waals surface area (Å²) in [6.45, 7) is 16.7. The summed E-state index contributed by atoms with van der Waals surface area (Å²) in [5, 5.41) is 7.78. The van der Waals surface area contributed by atoms with Gasteiger partial charge in [-0.3, -0.25) is 0 Å². The largest absolute Gasteiger partial charge is 0.391 e. The van der Waals surface area contributed by atoms with Crippen molar-refractivity contribution in [3.8, 4) is 0 Å². The van der Waals surface area contributed by atoms with Gasteiger partial charge in [-0.25, -0.2) is 4.68 Å². The van der Waals surface area contributed by atoms with Crippen molar-refractivity contribution in [3.05, 3.63) is 60.1 Å². The molecule has 1 aromatic heterocycles. The molecule has 23 heavy (non-hydrogen) atoms. The fourth-order valence-electron chi connectivity index (χ4n) is 2.86. The highest BCUT2D eigenvalue weighted by Gasteiger charge is 2.23. The third kappa shape index (κ3) is 4.72. The molecule has 3 nitrogen and oxygen atoms in total. The van der Waals surface area contributed by atoms with Gasteiger partial charge < -0.3 is 5.32 Å². The molecule has 0 saturated carbocycles. The lowest BCUT2D eigenvalue weighted by atomic mass is 9.86. The maximum absolute atomic E-state index is 4.53. The van der Waals surface area contributed by atoms with Crippen LogP contribution in [0.1, 0.15) is 45.7 Å². The van der Waals surface area contributed by atoms with Crippen molar-refractivity contribution in [2.75, 3.05) is 7.05 Å². The highest BCUT2D eigenvalue weighted by atomic mass is 15.3. The smallest absolute Gasteiger partial charge is 0.0646 e. The molecule has 1 N–H and O–H groups in total. The van der Waals surface area contributed by atoms with Crippen LogP contribution in [0.4, 0.5) is 0 Å². The molecule has 0 amide bonds. The number of rotatable bonds is 9. The molecular formula is C20H31N3. The Morgan fingerprint density at radius 3 is 2.57 bits per heavy atom. The Hall–Kier alpha value is -2.03. The molecule has 0 saturated heterocycles. The van der Waals surface area contributed by atoms with Crippen LogP contribution in [0, 0.1) is 12.8 Å². The minimum atomic E-state index is 0.240. The molecule has 0 aromatic carbocycles. The fourth-order valence-corrected chi connectivity index (χ4v) is 2.86. The number of aromatic nitrogens is 2. The van der Waals surface area contributed by atoms with E-state index in [-0.39, 0.29) is 5.92 Å². The summed E-state index contributed by atoms with van der Waals surface area (Å²) in [7, 11) is 1.94. The zero-order valence-electron chi connectivity index (χ0n) is 15.3. The summed E-state index contributed by atoms with van der Waals surface area (Å²) < 4.78 is 2.04. The highest BCUT2D eigenvalue weighted by Crippen LogP contribution is 2.34. The van der Waals surface area contributed by atoms with Gasteiger partial charge in [-0.2, -0.15) is 5.10 Å². The van der Waals surface area contributed by atoms with E-state index >= 15 is 0 Å². The van der Waals surface area contributed by atoms with Crippen molar-refractivity contribution < 1.29 is 0 Å². The van der Waals surface area contributed by atoms with Crippen LogP contribution in [0.15, 0.2) is 54.4 Å². The Morgan fingerprint density at radius 1 is 1.43 bits per heavy atom. The molecule has 1 unspecified atom stereocenters. The molecule has 1 aromatic rings. The lowest BCUT2D eigenvalue weighted by Crippen LogP contribution is -2.21. The first-order chi connectivity index (χ1) is 11.0. The van der Waals surface area contributed by atoms with E-state index < -0.39 is 0 Å².